The smallest absolute Gasteiger partial charge is 0.302 e. The third-order valence-electron chi connectivity index (χ3n) is 5.33. The summed E-state index contributed by atoms with van der Waals surface area (Å²) < 4.78 is 0. The number of nitrogens with zero attached hydrogens (tertiary/aromatic N) is 5. The van der Waals surface area contributed by atoms with Crippen LogP contribution in [-0.2, 0) is 4.79 Å². The van der Waals surface area contributed by atoms with Crippen LogP contribution >= 0.6 is 0 Å². The van der Waals surface area contributed by atoms with Gasteiger partial charge in [-0.15, -0.1) is 0 Å². The number of carbonyl (C=O) groups is 2. The molecule has 7 nitrogen and oxygen atoms in total. The second-order valence-electron chi connectivity index (χ2n) is 7.70. The molecule has 1 fully saturated rings. The molecule has 142 valence electrons. The van der Waals surface area contributed by atoms with Crippen molar-refractivity contribution in [3.63, 3.8) is 0 Å². The predicted octanol–water partition coefficient (Wildman–Crippen LogP) is 2.67. The molecule has 0 radical (unpaired) electrons. The molecule has 3 amide bonds. The van der Waals surface area contributed by atoms with Crippen LogP contribution in [0.15, 0.2) is 47.2 Å². The highest BCUT2D eigenvalue weighted by Gasteiger charge is 2.54. The summed E-state index contributed by atoms with van der Waals surface area (Å²) in [6, 6.07) is 9.17. The SMILES string of the molecule is CC1=CN2C(=NC3C2C(=O)N(CCC(C)C)C(=O)N3C)N1c1ccccc1. The molecule has 3 aliphatic heterocycles. The molecule has 2 atom stereocenters. The van der Waals surface area contributed by atoms with Crippen LogP contribution in [0.3, 0.4) is 0 Å². The average molecular weight is 367 g/mol. The maximum Gasteiger partial charge on any atom is 0.328 e. The lowest BCUT2D eigenvalue weighted by atomic mass is 10.1. The number of amides is 3. The zero-order valence-corrected chi connectivity index (χ0v) is 16.2. The Balaban J connectivity index is 1.66. The number of aliphatic imine (C=N–C) groups is 1. The molecule has 2 unspecified atom stereocenters. The second-order valence-corrected chi connectivity index (χ2v) is 7.70. The number of hydrogen-bond donors (Lipinski definition) is 0. The lowest BCUT2D eigenvalue weighted by Crippen LogP contribution is -2.64. The number of benzene rings is 1. The fourth-order valence-electron chi connectivity index (χ4n) is 3.84. The molecule has 1 saturated heterocycles. The first-order chi connectivity index (χ1) is 12.9. The summed E-state index contributed by atoms with van der Waals surface area (Å²) in [5, 5.41) is 0. The topological polar surface area (TPSA) is 59.5 Å². The van der Waals surface area contributed by atoms with Crippen LogP contribution in [0.25, 0.3) is 0 Å². The molecule has 0 bridgehead atoms. The molecule has 0 spiro atoms. The maximum absolute atomic E-state index is 13.2. The van der Waals surface area contributed by atoms with Crippen molar-refractivity contribution in [2.45, 2.75) is 39.4 Å². The van der Waals surface area contributed by atoms with Crippen molar-refractivity contribution in [2.75, 3.05) is 18.5 Å². The second kappa shape index (κ2) is 6.40. The van der Waals surface area contributed by atoms with Crippen molar-refractivity contribution in [1.29, 1.82) is 0 Å². The monoisotopic (exact) mass is 367 g/mol. The first kappa shape index (κ1) is 17.6. The van der Waals surface area contributed by atoms with E-state index in [0.29, 0.717) is 18.4 Å². The Morgan fingerprint density at radius 2 is 1.85 bits per heavy atom. The first-order valence-electron chi connectivity index (χ1n) is 9.38. The molecule has 0 N–H and O–H groups in total. The molecule has 3 heterocycles. The van der Waals surface area contributed by atoms with Gasteiger partial charge >= 0.3 is 6.03 Å². The van der Waals surface area contributed by atoms with Gasteiger partial charge in [0.2, 0.25) is 5.96 Å². The van der Waals surface area contributed by atoms with Crippen LogP contribution in [0.5, 0.6) is 0 Å². The van der Waals surface area contributed by atoms with Crippen LogP contribution in [-0.4, -0.2) is 58.4 Å². The standard InChI is InChI=1S/C20H25N5O2/c1-13(2)10-11-23-18(26)16-17(22(4)20(23)27)21-19-24(16)12-14(3)25(19)15-8-6-5-7-9-15/h5-9,12-13,16-17H,10-11H2,1-4H3. The highest BCUT2D eigenvalue weighted by atomic mass is 16.2. The Morgan fingerprint density at radius 1 is 1.15 bits per heavy atom. The van der Waals surface area contributed by atoms with Crippen LogP contribution in [0.2, 0.25) is 0 Å². The Hall–Kier alpha value is -2.83. The van der Waals surface area contributed by atoms with Gasteiger partial charge in [0, 0.05) is 31.2 Å². The van der Waals surface area contributed by atoms with E-state index in [1.165, 1.54) is 4.90 Å². The fraction of sp³-hybridized carbons (Fsp3) is 0.450. The van der Waals surface area contributed by atoms with E-state index in [1.54, 1.807) is 11.9 Å². The van der Waals surface area contributed by atoms with Crippen LogP contribution < -0.4 is 4.90 Å². The van der Waals surface area contributed by atoms with Crippen LogP contribution in [0.1, 0.15) is 27.2 Å². The normalized spacial score (nSPS) is 24.5. The number of rotatable bonds is 4. The molecular formula is C20H25N5O2. The minimum Gasteiger partial charge on any atom is -0.302 e. The Kier molecular flexibility index (Phi) is 4.17. The molecule has 0 aromatic heterocycles. The van der Waals surface area contributed by atoms with Crippen LogP contribution in [0, 0.1) is 5.92 Å². The summed E-state index contributed by atoms with van der Waals surface area (Å²) in [6.45, 7) is 6.62. The van der Waals surface area contributed by atoms with E-state index in [9.17, 15) is 9.59 Å². The number of carbonyl (C=O) groups excluding carboxylic acids is 2. The number of urea groups is 1. The number of imide groups is 1. The summed E-state index contributed by atoms with van der Waals surface area (Å²) in [6.07, 6.45) is 2.26. The minimum atomic E-state index is -0.501. The van der Waals surface area contributed by atoms with Gasteiger partial charge in [-0.1, -0.05) is 32.0 Å². The van der Waals surface area contributed by atoms with E-state index in [2.05, 4.69) is 13.8 Å². The summed E-state index contributed by atoms with van der Waals surface area (Å²) >= 11 is 0. The highest BCUT2D eigenvalue weighted by Crippen LogP contribution is 2.36. The van der Waals surface area contributed by atoms with Gasteiger partial charge in [-0.3, -0.25) is 14.6 Å². The van der Waals surface area contributed by atoms with Gasteiger partial charge in [-0.25, -0.2) is 9.79 Å². The molecule has 0 aliphatic carbocycles. The van der Waals surface area contributed by atoms with Gasteiger partial charge in [-0.05, 0) is 31.4 Å². The summed E-state index contributed by atoms with van der Waals surface area (Å²) in [4.78, 5) is 37.6. The Bertz CT molecular complexity index is 832. The molecule has 27 heavy (non-hydrogen) atoms. The number of fused-ring (bicyclic) bond motifs is 3. The third-order valence-corrected chi connectivity index (χ3v) is 5.33. The van der Waals surface area contributed by atoms with Crippen LogP contribution in [0.4, 0.5) is 10.5 Å². The molecule has 1 aromatic carbocycles. The van der Waals surface area contributed by atoms with Gasteiger partial charge in [0.05, 0.1) is 0 Å². The van der Waals surface area contributed by atoms with Crippen molar-refractivity contribution in [3.05, 3.63) is 42.2 Å². The molecule has 0 saturated carbocycles. The van der Waals surface area contributed by atoms with E-state index in [0.717, 1.165) is 17.8 Å². The van der Waals surface area contributed by atoms with E-state index in [-0.39, 0.29) is 11.9 Å². The quantitative estimate of drug-likeness (QED) is 0.821. The third kappa shape index (κ3) is 2.69. The van der Waals surface area contributed by atoms with Gasteiger partial charge in [0.15, 0.2) is 12.2 Å². The molecule has 7 heteroatoms. The number of anilines is 1. The van der Waals surface area contributed by atoms with Gasteiger partial charge in [0.1, 0.15) is 0 Å². The zero-order valence-electron chi connectivity index (χ0n) is 16.2. The highest BCUT2D eigenvalue weighted by molar-refractivity contribution is 6.09. The number of guanidine groups is 1. The number of allylic oxidation sites excluding steroid dienone is 1. The number of para-hydroxylation sites is 1. The first-order valence-corrected chi connectivity index (χ1v) is 9.38. The Labute approximate surface area is 159 Å². The molecule has 4 rings (SSSR count). The average Bonchev–Trinajstić information content (AvgIpc) is 3.14. The largest absolute Gasteiger partial charge is 0.328 e. The number of hydrogen-bond acceptors (Lipinski definition) is 5. The summed E-state index contributed by atoms with van der Waals surface area (Å²) in [7, 11) is 1.73. The predicted molar refractivity (Wildman–Crippen MR) is 104 cm³/mol. The zero-order chi connectivity index (χ0) is 19.3. The van der Waals surface area contributed by atoms with Gasteiger partial charge in [0.25, 0.3) is 5.91 Å². The lowest BCUT2D eigenvalue weighted by molar-refractivity contribution is -0.136. The van der Waals surface area contributed by atoms with E-state index in [1.807, 2.05) is 53.3 Å². The van der Waals surface area contributed by atoms with Crippen molar-refractivity contribution >= 4 is 23.6 Å². The molecule has 1 aromatic rings. The number of likely N-dealkylation sites (N-methyl/N-ethyl adjacent to an activating group) is 1. The van der Waals surface area contributed by atoms with Crippen molar-refractivity contribution in [3.8, 4) is 0 Å². The minimum absolute atomic E-state index is 0.165. The van der Waals surface area contributed by atoms with E-state index >= 15 is 0 Å². The lowest BCUT2D eigenvalue weighted by Gasteiger charge is -2.40. The van der Waals surface area contributed by atoms with E-state index in [4.69, 9.17) is 4.99 Å². The van der Waals surface area contributed by atoms with Gasteiger partial charge in [-0.2, -0.15) is 0 Å². The summed E-state index contributed by atoms with van der Waals surface area (Å²) in [5.41, 5.74) is 1.99. The molecule has 3 aliphatic rings. The Morgan fingerprint density at radius 3 is 2.52 bits per heavy atom. The molecular weight excluding hydrogens is 342 g/mol. The van der Waals surface area contributed by atoms with Crippen molar-refractivity contribution in [2.24, 2.45) is 10.9 Å². The van der Waals surface area contributed by atoms with E-state index < -0.39 is 12.2 Å². The van der Waals surface area contributed by atoms with Gasteiger partial charge < -0.3 is 9.80 Å². The van der Waals surface area contributed by atoms with Crippen molar-refractivity contribution in [1.82, 2.24) is 14.7 Å². The maximum atomic E-state index is 13.2. The summed E-state index contributed by atoms with van der Waals surface area (Å²) in [5.74, 6) is 0.959. The van der Waals surface area contributed by atoms with Crippen molar-refractivity contribution < 1.29 is 9.59 Å². The fourth-order valence-corrected chi connectivity index (χ4v) is 3.84.